The van der Waals surface area contributed by atoms with Gasteiger partial charge >= 0.3 is 113 Å². The molecule has 0 fully saturated rings. The van der Waals surface area contributed by atoms with E-state index >= 15 is 0 Å². The van der Waals surface area contributed by atoms with Crippen LogP contribution in [0.1, 0.15) is 15.8 Å². The van der Waals surface area contributed by atoms with Crippen molar-refractivity contribution in [1.82, 2.24) is 19.9 Å². The normalized spacial score (nSPS) is 13.7. The van der Waals surface area contributed by atoms with Crippen molar-refractivity contribution in [3.63, 3.8) is 0 Å². The summed E-state index contributed by atoms with van der Waals surface area (Å²) in [7, 11) is -4.65. The van der Waals surface area contributed by atoms with Gasteiger partial charge in [-0.25, -0.2) is 27.7 Å². The Morgan fingerprint density at radius 2 is 1.35 bits per heavy atom. The van der Waals surface area contributed by atoms with Gasteiger partial charge in [0.05, 0.1) is 31.3 Å². The Kier molecular flexibility index (Phi) is 23.5. The number of fused-ring (bicyclic) bond motifs is 2. The zero-order chi connectivity index (χ0) is 34.5. The summed E-state index contributed by atoms with van der Waals surface area (Å²) in [5.74, 6) is 0.358. The van der Waals surface area contributed by atoms with Gasteiger partial charge < -0.3 is 11.6 Å². The Bertz CT molecular complexity index is 1830. The molecule has 0 saturated heterocycles. The van der Waals surface area contributed by atoms with Crippen LogP contribution in [0, 0.1) is 0 Å². The van der Waals surface area contributed by atoms with Crippen LogP contribution in [-0.2, 0) is 35.7 Å². The number of nitrogens with zero attached hydrogens (tertiary/aromatic N) is 7. The Labute approximate surface area is 381 Å². The van der Waals surface area contributed by atoms with Crippen LogP contribution < -0.4 is 121 Å². The largest absolute Gasteiger partial charge is 1.00 e. The molecule has 2 aliphatic heterocycles. The number of carbonyl (C=O) groups excluding carboxylic acids is 1. The van der Waals surface area contributed by atoms with Gasteiger partial charge in [-0.05, 0) is 53.0 Å². The summed E-state index contributed by atoms with van der Waals surface area (Å²) in [4.78, 5) is 26.2. The van der Waals surface area contributed by atoms with Crippen LogP contribution >= 0.6 is 34.8 Å². The van der Waals surface area contributed by atoms with Gasteiger partial charge in [0.2, 0.25) is 20.6 Å². The number of hydrogen-bond donors (Lipinski definition) is 0. The predicted octanol–water partition coefficient (Wildman–Crippen LogP) is -1.51. The summed E-state index contributed by atoms with van der Waals surface area (Å²) in [6.07, 6.45) is 2.92. The maximum atomic E-state index is 12.4. The molecule has 0 saturated carbocycles. The molecule has 0 spiro atoms. The summed E-state index contributed by atoms with van der Waals surface area (Å²) in [6, 6.07) is 17.4. The first-order valence-electron chi connectivity index (χ1n) is 12.6. The number of hydrogen-bond acceptors (Lipinski definition) is 11. The summed E-state index contributed by atoms with van der Waals surface area (Å²) >= 11 is 16.5. The SMILES string of the molecule is C.CN1c2ccccc2CS1(=O)=O.CN1c2ccccc2N(c2ccnc(Cl)n2)S1(=O)=O.Clc1ccnc(Cl)n1.O=CO[O-].[2H]CF.[H-].[K+].[K+]. The molecular weight excluding hydrogens is 790 g/mol. The average molecular weight is 820 g/mol. The third-order valence-corrected chi connectivity index (χ3v) is 9.57. The van der Waals surface area contributed by atoms with E-state index in [4.69, 9.17) is 46.2 Å². The maximum absolute atomic E-state index is 12.4. The van der Waals surface area contributed by atoms with Gasteiger partial charge in [-0.15, -0.1) is 0 Å². The van der Waals surface area contributed by atoms with Crippen LogP contribution in [0.4, 0.5) is 27.3 Å². The number of benzene rings is 2. The summed E-state index contributed by atoms with van der Waals surface area (Å²) < 4.78 is 66.7. The molecule has 0 bridgehead atoms. The molecule has 4 heterocycles. The van der Waals surface area contributed by atoms with E-state index in [1.54, 1.807) is 37.4 Å². The van der Waals surface area contributed by atoms with E-state index in [-0.39, 0.29) is 140 Å². The minimum absolute atomic E-state index is 0. The molecule has 0 atom stereocenters. The number of carbonyl (C=O) groups is 1. The van der Waals surface area contributed by atoms with Crippen LogP contribution in [-0.4, -0.2) is 64.5 Å². The van der Waals surface area contributed by atoms with Gasteiger partial charge in [-0.3, -0.25) is 17.8 Å². The Hall–Kier alpha value is -0.597. The van der Waals surface area contributed by atoms with Crippen LogP contribution in [0.5, 0.6) is 0 Å². The second kappa shape index (κ2) is 23.8. The van der Waals surface area contributed by atoms with Gasteiger partial charge in [0, 0.05) is 32.6 Å². The monoisotopic (exact) mass is 818 g/mol. The fraction of sp³-hybridized carbons (Fsp3) is 0.192. The molecule has 252 valence electrons. The van der Waals surface area contributed by atoms with Crippen molar-refractivity contribution >= 4 is 84.4 Å². The van der Waals surface area contributed by atoms with E-state index in [2.05, 4.69) is 24.8 Å². The standard InChI is InChI=1S/C11H9ClN4O2S.C8H9NO2S.C4H2Cl2N2.CH3F.CH2O3.CH4.2K.H/c1-15-8-4-2-3-5-9(8)16(19(15,17)18)10-6-7-13-11(12)14-10;1-9-8-5-3-2-4-7(8)6-12(9,10)11;5-3-1-2-7-4(6)8-3;1-2;2-1-4-3;;;;/h2-7H,1H3;2-5H,6H2,1H3;1-2H;1H3;1,3H;1H4;;;/q;;;;;;2*+1;-1/p-1/i;;;1D;;;;;. The van der Waals surface area contributed by atoms with Gasteiger partial charge in [0.25, 0.3) is 6.47 Å². The predicted molar refractivity (Wildman–Crippen MR) is 174 cm³/mol. The van der Waals surface area contributed by atoms with Crippen molar-refractivity contribution in [3.05, 3.63) is 94.3 Å². The zero-order valence-electron chi connectivity index (χ0n) is 27.2. The van der Waals surface area contributed by atoms with Crippen LogP contribution in [0.2, 0.25) is 15.7 Å². The van der Waals surface area contributed by atoms with Gasteiger partial charge in [0.1, 0.15) is 5.15 Å². The van der Waals surface area contributed by atoms with Crippen LogP contribution in [0.25, 0.3) is 0 Å². The molecule has 0 radical (unpaired) electrons. The molecule has 0 amide bonds. The van der Waals surface area contributed by atoms with Crippen molar-refractivity contribution < 1.29 is 142 Å². The van der Waals surface area contributed by atoms with E-state index in [0.29, 0.717) is 16.5 Å². The Balaban J connectivity index is -0.000000619. The number of aromatic nitrogens is 4. The molecule has 2 aliphatic rings. The molecule has 4 aromatic rings. The first-order chi connectivity index (χ1) is 21.7. The first-order valence-corrected chi connectivity index (χ1v) is 16.0. The van der Waals surface area contributed by atoms with E-state index in [9.17, 15) is 21.2 Å². The maximum Gasteiger partial charge on any atom is 1.00 e. The summed E-state index contributed by atoms with van der Waals surface area (Å²) in [6.45, 7) is -0.181. The number of sulfonamides is 1. The third kappa shape index (κ3) is 13.5. The molecule has 2 aromatic carbocycles. The van der Waals surface area contributed by atoms with Crippen molar-refractivity contribution in [3.8, 4) is 0 Å². The van der Waals surface area contributed by atoms with E-state index in [0.717, 1.165) is 15.6 Å². The number of halogens is 4. The van der Waals surface area contributed by atoms with Crippen LogP contribution in [0.15, 0.2) is 73.1 Å². The number of alkyl halides is 1. The van der Waals surface area contributed by atoms with Gasteiger partial charge in [-0.1, -0.05) is 49.4 Å². The molecule has 48 heavy (non-hydrogen) atoms. The zero-order valence-corrected chi connectivity index (χ0v) is 35.4. The Morgan fingerprint density at radius 1 is 0.875 bits per heavy atom. The minimum atomic E-state index is -3.68. The summed E-state index contributed by atoms with van der Waals surface area (Å²) in [5, 5.41) is 8.97. The van der Waals surface area contributed by atoms with Crippen molar-refractivity contribution in [2.75, 3.05) is 34.2 Å². The average Bonchev–Trinajstić information content (AvgIpc) is 3.37. The van der Waals surface area contributed by atoms with Gasteiger partial charge in [-0.2, -0.15) is 13.4 Å². The molecule has 14 nitrogen and oxygen atoms in total. The van der Waals surface area contributed by atoms with E-state index in [1.807, 2.05) is 24.3 Å². The Morgan fingerprint density at radius 3 is 1.81 bits per heavy atom. The fourth-order valence-electron chi connectivity index (χ4n) is 3.65. The van der Waals surface area contributed by atoms with E-state index in [1.165, 1.54) is 34.1 Å². The second-order valence-corrected chi connectivity index (χ2v) is 13.0. The van der Waals surface area contributed by atoms with E-state index < -0.39 is 27.4 Å². The third-order valence-electron chi connectivity index (χ3n) is 5.55. The number of para-hydroxylation sites is 3. The summed E-state index contributed by atoms with van der Waals surface area (Å²) in [5.41, 5.74) is 2.83. The molecular formula is C26H29Cl3FK2N7O7S2. The first kappa shape index (κ1) is 47.4. The van der Waals surface area contributed by atoms with Gasteiger partial charge in [0.15, 0.2) is 5.82 Å². The molecule has 6 rings (SSSR count). The van der Waals surface area contributed by atoms with Crippen molar-refractivity contribution in [2.24, 2.45) is 0 Å². The van der Waals surface area contributed by atoms with Crippen LogP contribution in [0.3, 0.4) is 0 Å². The minimum Gasteiger partial charge on any atom is -1.00 e. The molecule has 2 aromatic heterocycles. The number of anilines is 4. The molecule has 0 N–H and O–H groups in total. The second-order valence-electron chi connectivity index (χ2n) is 8.11. The topological polar surface area (TPSA) is 179 Å². The molecule has 0 unspecified atom stereocenters. The fourth-order valence-corrected chi connectivity index (χ4v) is 6.82. The molecule has 22 heteroatoms. The number of rotatable bonds is 2. The molecule has 0 aliphatic carbocycles. The quantitative estimate of drug-likeness (QED) is 0.0574. The smallest absolute Gasteiger partial charge is 1.00 e. The van der Waals surface area contributed by atoms with Crippen molar-refractivity contribution in [2.45, 2.75) is 13.2 Å². The van der Waals surface area contributed by atoms with Crippen molar-refractivity contribution in [1.29, 1.82) is 0 Å².